The van der Waals surface area contributed by atoms with E-state index < -0.39 is 5.79 Å². The van der Waals surface area contributed by atoms with E-state index in [1.165, 1.54) is 19.3 Å². The lowest BCUT2D eigenvalue weighted by molar-refractivity contribution is -0.182. The molecule has 19 heavy (non-hydrogen) atoms. The first-order chi connectivity index (χ1) is 9.34. The van der Waals surface area contributed by atoms with Gasteiger partial charge < -0.3 is 14.8 Å². The van der Waals surface area contributed by atoms with Crippen molar-refractivity contribution >= 4 is 0 Å². The number of piperidine rings is 1. The summed E-state index contributed by atoms with van der Waals surface area (Å²) in [6.07, 6.45) is 4.80. The number of rotatable bonds is 3. The Kier molecular flexibility index (Phi) is 3.87. The van der Waals surface area contributed by atoms with Crippen molar-refractivity contribution in [2.75, 3.05) is 13.2 Å². The van der Waals surface area contributed by atoms with Crippen molar-refractivity contribution in [2.24, 2.45) is 0 Å². The third-order valence-corrected chi connectivity index (χ3v) is 4.30. The molecule has 0 aliphatic carbocycles. The second-order valence-electron chi connectivity index (χ2n) is 5.50. The van der Waals surface area contributed by atoms with Gasteiger partial charge in [-0.3, -0.25) is 0 Å². The summed E-state index contributed by atoms with van der Waals surface area (Å²) in [6.45, 7) is 3.93. The average molecular weight is 261 g/mol. The molecule has 3 atom stereocenters. The zero-order chi connectivity index (χ0) is 13.1. The molecule has 104 valence electrons. The third kappa shape index (κ3) is 2.55. The molecule has 0 aromatic heterocycles. The van der Waals surface area contributed by atoms with Crippen molar-refractivity contribution in [3.8, 4) is 0 Å². The first-order valence-corrected chi connectivity index (χ1v) is 7.45. The molecule has 2 heterocycles. The largest absolute Gasteiger partial charge is 0.343 e. The van der Waals surface area contributed by atoms with Gasteiger partial charge >= 0.3 is 0 Å². The molecule has 1 aromatic carbocycles. The molecule has 3 heteroatoms. The molecule has 2 aliphatic heterocycles. The van der Waals surface area contributed by atoms with Gasteiger partial charge in [0, 0.05) is 18.0 Å². The molecule has 2 fully saturated rings. The third-order valence-electron chi connectivity index (χ3n) is 4.30. The molecule has 3 nitrogen and oxygen atoms in total. The fraction of sp³-hybridized carbons (Fsp3) is 0.625. The van der Waals surface area contributed by atoms with Crippen LogP contribution in [0.5, 0.6) is 0 Å². The summed E-state index contributed by atoms with van der Waals surface area (Å²) < 4.78 is 12.4. The highest BCUT2D eigenvalue weighted by molar-refractivity contribution is 5.21. The fourth-order valence-electron chi connectivity index (χ4n) is 3.16. The molecule has 0 saturated carbocycles. The Bertz CT molecular complexity index is 402. The SMILES string of the molecule is CC[C@@]1(c2ccccc2)OC[C@H]([C@@H]2CCCCN2)O1. The summed E-state index contributed by atoms with van der Waals surface area (Å²) in [5.41, 5.74) is 1.14. The van der Waals surface area contributed by atoms with Crippen molar-refractivity contribution < 1.29 is 9.47 Å². The molecule has 0 radical (unpaired) electrons. The summed E-state index contributed by atoms with van der Waals surface area (Å²) in [4.78, 5) is 0. The van der Waals surface area contributed by atoms with E-state index in [1.807, 2.05) is 18.2 Å². The van der Waals surface area contributed by atoms with Crippen LogP contribution in [0.25, 0.3) is 0 Å². The van der Waals surface area contributed by atoms with Gasteiger partial charge in [-0.1, -0.05) is 43.7 Å². The predicted octanol–water partition coefficient (Wildman–Crippen LogP) is 2.81. The van der Waals surface area contributed by atoms with Crippen LogP contribution in [0.3, 0.4) is 0 Å². The number of hydrogen-bond donors (Lipinski definition) is 1. The van der Waals surface area contributed by atoms with Crippen LogP contribution in [0.1, 0.15) is 38.2 Å². The van der Waals surface area contributed by atoms with Crippen LogP contribution in [-0.2, 0) is 15.3 Å². The quantitative estimate of drug-likeness (QED) is 0.907. The second kappa shape index (κ2) is 5.61. The highest BCUT2D eigenvalue weighted by atomic mass is 16.7. The van der Waals surface area contributed by atoms with E-state index in [4.69, 9.17) is 9.47 Å². The van der Waals surface area contributed by atoms with Gasteiger partial charge in [0.2, 0.25) is 0 Å². The summed E-state index contributed by atoms with van der Waals surface area (Å²) in [7, 11) is 0. The van der Waals surface area contributed by atoms with E-state index in [2.05, 4.69) is 24.4 Å². The molecule has 0 bridgehead atoms. The zero-order valence-corrected chi connectivity index (χ0v) is 11.6. The van der Waals surface area contributed by atoms with E-state index in [0.29, 0.717) is 12.6 Å². The maximum absolute atomic E-state index is 6.34. The average Bonchev–Trinajstić information content (AvgIpc) is 2.95. The molecule has 0 unspecified atom stereocenters. The van der Waals surface area contributed by atoms with Crippen molar-refractivity contribution in [1.29, 1.82) is 0 Å². The standard InChI is InChI=1S/C16H23NO2/c1-2-16(13-8-4-3-5-9-13)18-12-15(19-16)14-10-6-7-11-17-14/h3-5,8-9,14-15,17H,2,6-7,10-12H2,1H3/t14-,15+,16+/m0/s1. The van der Waals surface area contributed by atoms with Crippen LogP contribution >= 0.6 is 0 Å². The van der Waals surface area contributed by atoms with Crippen molar-refractivity contribution in [2.45, 2.75) is 50.5 Å². The molecule has 1 N–H and O–H groups in total. The minimum atomic E-state index is -0.537. The van der Waals surface area contributed by atoms with Crippen LogP contribution in [0.15, 0.2) is 30.3 Å². The lowest BCUT2D eigenvalue weighted by atomic mass is 10.00. The maximum atomic E-state index is 6.34. The highest BCUT2D eigenvalue weighted by Gasteiger charge is 2.44. The smallest absolute Gasteiger partial charge is 0.195 e. The number of ether oxygens (including phenoxy) is 2. The normalized spacial score (nSPS) is 35.4. The highest BCUT2D eigenvalue weighted by Crippen LogP contribution is 2.38. The van der Waals surface area contributed by atoms with Gasteiger partial charge in [-0.15, -0.1) is 0 Å². The van der Waals surface area contributed by atoms with Gasteiger partial charge in [0.05, 0.1) is 6.61 Å². The van der Waals surface area contributed by atoms with Crippen LogP contribution in [-0.4, -0.2) is 25.3 Å². The van der Waals surface area contributed by atoms with Crippen molar-refractivity contribution in [1.82, 2.24) is 5.32 Å². The number of benzene rings is 1. The van der Waals surface area contributed by atoms with Crippen LogP contribution in [0, 0.1) is 0 Å². The molecule has 0 spiro atoms. The van der Waals surface area contributed by atoms with Gasteiger partial charge in [0.1, 0.15) is 6.10 Å². The van der Waals surface area contributed by atoms with Crippen LogP contribution in [0.2, 0.25) is 0 Å². The Morgan fingerprint density at radius 1 is 1.26 bits per heavy atom. The maximum Gasteiger partial charge on any atom is 0.195 e. The van der Waals surface area contributed by atoms with Gasteiger partial charge in [0.25, 0.3) is 0 Å². The van der Waals surface area contributed by atoms with E-state index in [-0.39, 0.29) is 6.10 Å². The molecule has 3 rings (SSSR count). The Labute approximate surface area is 115 Å². The summed E-state index contributed by atoms with van der Waals surface area (Å²) in [6, 6.07) is 10.8. The van der Waals surface area contributed by atoms with E-state index >= 15 is 0 Å². The molecule has 2 saturated heterocycles. The Morgan fingerprint density at radius 2 is 2.11 bits per heavy atom. The molecule has 2 aliphatic rings. The monoisotopic (exact) mass is 261 g/mol. The van der Waals surface area contributed by atoms with Gasteiger partial charge in [-0.05, 0) is 19.4 Å². The van der Waals surface area contributed by atoms with E-state index in [0.717, 1.165) is 18.5 Å². The first-order valence-electron chi connectivity index (χ1n) is 7.45. The lowest BCUT2D eigenvalue weighted by Crippen LogP contribution is -2.45. The summed E-state index contributed by atoms with van der Waals surface area (Å²) in [5, 5.41) is 3.57. The van der Waals surface area contributed by atoms with E-state index in [9.17, 15) is 0 Å². The van der Waals surface area contributed by atoms with Gasteiger partial charge in [-0.2, -0.15) is 0 Å². The minimum Gasteiger partial charge on any atom is -0.343 e. The zero-order valence-electron chi connectivity index (χ0n) is 11.6. The number of hydrogen-bond acceptors (Lipinski definition) is 3. The molecular weight excluding hydrogens is 238 g/mol. The second-order valence-corrected chi connectivity index (χ2v) is 5.50. The van der Waals surface area contributed by atoms with Gasteiger partial charge in [0.15, 0.2) is 5.79 Å². The fourth-order valence-corrected chi connectivity index (χ4v) is 3.16. The van der Waals surface area contributed by atoms with Crippen molar-refractivity contribution in [3.05, 3.63) is 35.9 Å². The topological polar surface area (TPSA) is 30.5 Å². The van der Waals surface area contributed by atoms with Crippen LogP contribution < -0.4 is 5.32 Å². The number of nitrogens with one attached hydrogen (secondary N) is 1. The Morgan fingerprint density at radius 3 is 2.79 bits per heavy atom. The molecular formula is C16H23NO2. The van der Waals surface area contributed by atoms with Gasteiger partial charge in [-0.25, -0.2) is 0 Å². The summed E-state index contributed by atoms with van der Waals surface area (Å²) >= 11 is 0. The Hall–Kier alpha value is -0.900. The van der Waals surface area contributed by atoms with Crippen LogP contribution in [0.4, 0.5) is 0 Å². The van der Waals surface area contributed by atoms with Crippen molar-refractivity contribution in [3.63, 3.8) is 0 Å². The minimum absolute atomic E-state index is 0.181. The Balaban J connectivity index is 1.75. The predicted molar refractivity (Wildman–Crippen MR) is 74.9 cm³/mol. The molecule has 0 amide bonds. The molecule has 1 aromatic rings. The summed E-state index contributed by atoms with van der Waals surface area (Å²) in [5.74, 6) is -0.537. The lowest BCUT2D eigenvalue weighted by Gasteiger charge is -2.31. The van der Waals surface area contributed by atoms with E-state index in [1.54, 1.807) is 0 Å². The first kappa shape index (κ1) is 13.1.